The average Bonchev–Trinajstić information content (AvgIpc) is 3.08. The largest absolute Gasteiger partial charge is 0.347 e. The third-order valence-corrected chi connectivity index (χ3v) is 3.51. The van der Waals surface area contributed by atoms with Crippen LogP contribution >= 0.6 is 0 Å². The minimum Gasteiger partial charge on any atom is -0.347 e. The maximum atomic E-state index is 12.0. The zero-order valence-corrected chi connectivity index (χ0v) is 12.9. The second kappa shape index (κ2) is 8.25. The number of hydrazine groups is 2. The maximum Gasteiger partial charge on any atom is 0.257 e. The summed E-state index contributed by atoms with van der Waals surface area (Å²) < 4.78 is 0. The van der Waals surface area contributed by atoms with E-state index in [2.05, 4.69) is 27.0 Å². The van der Waals surface area contributed by atoms with E-state index in [1.54, 1.807) is 6.92 Å². The summed E-state index contributed by atoms with van der Waals surface area (Å²) in [6.07, 6.45) is 0.871. The Morgan fingerprint density at radius 2 is 1.83 bits per heavy atom. The van der Waals surface area contributed by atoms with E-state index in [0.717, 1.165) is 5.56 Å². The Balaban J connectivity index is 1.72. The van der Waals surface area contributed by atoms with Crippen molar-refractivity contribution >= 4 is 17.7 Å². The molecule has 8 heteroatoms. The van der Waals surface area contributed by atoms with Gasteiger partial charge in [-0.1, -0.05) is 37.3 Å². The van der Waals surface area contributed by atoms with Gasteiger partial charge in [-0.15, -0.1) is 0 Å². The van der Waals surface area contributed by atoms with E-state index in [1.165, 1.54) is 0 Å². The quantitative estimate of drug-likeness (QED) is 0.459. The molecule has 5 N–H and O–H groups in total. The van der Waals surface area contributed by atoms with Crippen molar-refractivity contribution in [2.45, 2.75) is 31.8 Å². The number of amides is 3. The first-order valence-electron chi connectivity index (χ1n) is 7.51. The molecule has 1 aliphatic rings. The Bertz CT molecular complexity index is 563. The van der Waals surface area contributed by atoms with Crippen molar-refractivity contribution in [3.05, 3.63) is 35.9 Å². The van der Waals surface area contributed by atoms with Crippen molar-refractivity contribution in [1.82, 2.24) is 27.0 Å². The number of carbonyl (C=O) groups excluding carboxylic acids is 3. The van der Waals surface area contributed by atoms with E-state index < -0.39 is 11.9 Å². The van der Waals surface area contributed by atoms with Crippen molar-refractivity contribution in [3.63, 3.8) is 0 Å². The molecule has 2 rings (SSSR count). The van der Waals surface area contributed by atoms with Crippen LogP contribution in [-0.4, -0.2) is 30.3 Å². The number of carbonyl (C=O) groups is 3. The summed E-state index contributed by atoms with van der Waals surface area (Å²) in [6.45, 7) is 1.52. The van der Waals surface area contributed by atoms with E-state index >= 15 is 0 Å². The summed E-state index contributed by atoms with van der Waals surface area (Å²) in [5.74, 6) is -1.05. The summed E-state index contributed by atoms with van der Waals surface area (Å²) in [4.78, 5) is 34.5. The van der Waals surface area contributed by atoms with Crippen LogP contribution in [0, 0.1) is 0 Å². The standard InChI is InChI=1S/C15H21N5O3/c1-2-13(21)16-9-14(22)19-20-15(23)12-8-11(17-18-12)10-6-4-3-5-7-10/h3-7,11-12,17-18H,2,8-9H2,1H3,(H,16,21)(H,19,22)(H,20,23). The lowest BCUT2D eigenvalue weighted by molar-refractivity contribution is -0.130. The molecule has 1 aromatic rings. The van der Waals surface area contributed by atoms with E-state index in [4.69, 9.17) is 0 Å². The molecule has 1 aliphatic heterocycles. The topological polar surface area (TPSA) is 111 Å². The second-order valence-corrected chi connectivity index (χ2v) is 5.21. The molecule has 2 atom stereocenters. The van der Waals surface area contributed by atoms with Gasteiger partial charge in [-0.3, -0.25) is 25.2 Å². The van der Waals surface area contributed by atoms with Gasteiger partial charge in [0.2, 0.25) is 5.91 Å². The summed E-state index contributed by atoms with van der Waals surface area (Å²) in [7, 11) is 0. The fourth-order valence-corrected chi connectivity index (χ4v) is 2.20. The third kappa shape index (κ3) is 5.04. The van der Waals surface area contributed by atoms with Gasteiger partial charge in [0.1, 0.15) is 6.04 Å². The molecule has 0 spiro atoms. The first kappa shape index (κ1) is 16.9. The summed E-state index contributed by atoms with van der Waals surface area (Å²) >= 11 is 0. The van der Waals surface area contributed by atoms with Gasteiger partial charge in [0.05, 0.1) is 6.54 Å². The van der Waals surface area contributed by atoms with Gasteiger partial charge in [-0.2, -0.15) is 0 Å². The lowest BCUT2D eigenvalue weighted by atomic mass is 10.0. The predicted molar refractivity (Wildman–Crippen MR) is 83.4 cm³/mol. The highest BCUT2D eigenvalue weighted by molar-refractivity contribution is 5.88. The van der Waals surface area contributed by atoms with Gasteiger partial charge >= 0.3 is 0 Å². The number of hydrogen-bond acceptors (Lipinski definition) is 5. The highest BCUT2D eigenvalue weighted by Crippen LogP contribution is 2.21. The van der Waals surface area contributed by atoms with Crippen molar-refractivity contribution in [2.75, 3.05) is 6.54 Å². The van der Waals surface area contributed by atoms with Gasteiger partial charge < -0.3 is 5.32 Å². The molecule has 1 aromatic carbocycles. The molecule has 23 heavy (non-hydrogen) atoms. The molecule has 1 heterocycles. The van der Waals surface area contributed by atoms with Crippen molar-refractivity contribution in [2.24, 2.45) is 0 Å². The van der Waals surface area contributed by atoms with Crippen molar-refractivity contribution in [1.29, 1.82) is 0 Å². The van der Waals surface area contributed by atoms with Crippen LogP contribution in [0.4, 0.5) is 0 Å². The number of benzene rings is 1. The molecule has 0 aliphatic carbocycles. The number of rotatable bonds is 5. The fourth-order valence-electron chi connectivity index (χ4n) is 2.20. The lowest BCUT2D eigenvalue weighted by Gasteiger charge is -2.12. The lowest BCUT2D eigenvalue weighted by Crippen LogP contribution is -2.52. The summed E-state index contributed by atoms with van der Waals surface area (Å²) in [5, 5.41) is 2.42. The molecule has 2 unspecified atom stereocenters. The van der Waals surface area contributed by atoms with E-state index in [9.17, 15) is 14.4 Å². The van der Waals surface area contributed by atoms with Crippen LogP contribution in [0.1, 0.15) is 31.4 Å². The minimum absolute atomic E-state index is 0.0338. The highest BCUT2D eigenvalue weighted by Gasteiger charge is 2.30. The Kier molecular flexibility index (Phi) is 6.07. The molecular weight excluding hydrogens is 298 g/mol. The average molecular weight is 319 g/mol. The Morgan fingerprint density at radius 3 is 2.52 bits per heavy atom. The van der Waals surface area contributed by atoms with Crippen LogP contribution in [0.25, 0.3) is 0 Å². The molecule has 8 nitrogen and oxygen atoms in total. The third-order valence-electron chi connectivity index (χ3n) is 3.51. The fraction of sp³-hybridized carbons (Fsp3) is 0.400. The number of nitrogens with one attached hydrogen (secondary N) is 5. The molecule has 0 radical (unpaired) electrons. The van der Waals surface area contributed by atoms with Crippen molar-refractivity contribution < 1.29 is 14.4 Å². The van der Waals surface area contributed by atoms with Gasteiger partial charge in [0, 0.05) is 12.5 Å². The number of hydrogen-bond donors (Lipinski definition) is 5. The normalized spacial score (nSPS) is 19.9. The zero-order chi connectivity index (χ0) is 16.7. The van der Waals surface area contributed by atoms with Crippen molar-refractivity contribution in [3.8, 4) is 0 Å². The highest BCUT2D eigenvalue weighted by atomic mass is 16.2. The van der Waals surface area contributed by atoms with E-state index in [1.807, 2.05) is 30.3 Å². The molecular formula is C15H21N5O3. The van der Waals surface area contributed by atoms with Gasteiger partial charge in [-0.05, 0) is 12.0 Å². The smallest absolute Gasteiger partial charge is 0.257 e. The zero-order valence-electron chi connectivity index (χ0n) is 12.9. The van der Waals surface area contributed by atoms with Crippen LogP contribution in [0.15, 0.2) is 30.3 Å². The molecule has 0 saturated carbocycles. The predicted octanol–water partition coefficient (Wildman–Crippen LogP) is -0.732. The molecule has 1 fully saturated rings. The van der Waals surface area contributed by atoms with Crippen LogP contribution < -0.4 is 27.0 Å². The Labute approximate surface area is 134 Å². The van der Waals surface area contributed by atoms with Crippen LogP contribution in [0.2, 0.25) is 0 Å². The van der Waals surface area contributed by atoms with Crippen LogP contribution in [0.3, 0.4) is 0 Å². The van der Waals surface area contributed by atoms with Gasteiger partial charge in [0.25, 0.3) is 11.8 Å². The first-order valence-corrected chi connectivity index (χ1v) is 7.51. The first-order chi connectivity index (χ1) is 11.1. The van der Waals surface area contributed by atoms with Gasteiger partial charge in [0.15, 0.2) is 0 Å². The summed E-state index contributed by atoms with van der Waals surface area (Å²) in [6, 6.07) is 9.36. The minimum atomic E-state index is -0.481. The molecule has 0 aromatic heterocycles. The van der Waals surface area contributed by atoms with Crippen LogP contribution in [0.5, 0.6) is 0 Å². The molecule has 124 valence electrons. The molecule has 3 amide bonds. The van der Waals surface area contributed by atoms with E-state index in [-0.39, 0.29) is 24.4 Å². The Hall–Kier alpha value is -2.45. The van der Waals surface area contributed by atoms with Crippen LogP contribution in [-0.2, 0) is 14.4 Å². The molecule has 1 saturated heterocycles. The SMILES string of the molecule is CCC(=O)NCC(=O)NNC(=O)C1CC(c2ccccc2)NN1. The van der Waals surface area contributed by atoms with Gasteiger partial charge in [-0.25, -0.2) is 10.9 Å². The second-order valence-electron chi connectivity index (χ2n) is 5.21. The Morgan fingerprint density at radius 1 is 1.09 bits per heavy atom. The molecule has 0 bridgehead atoms. The monoisotopic (exact) mass is 319 g/mol. The maximum absolute atomic E-state index is 12.0. The van der Waals surface area contributed by atoms with E-state index in [0.29, 0.717) is 12.8 Å². The summed E-state index contributed by atoms with van der Waals surface area (Å²) in [5.41, 5.74) is 11.7.